The summed E-state index contributed by atoms with van der Waals surface area (Å²) in [6.07, 6.45) is 1.85. The molecule has 9 rings (SSSR count). The first-order valence-corrected chi connectivity index (χ1v) is 15.4. The van der Waals surface area contributed by atoms with Crippen LogP contribution in [0.4, 0.5) is 0 Å². The van der Waals surface area contributed by atoms with E-state index in [1.54, 1.807) is 0 Å². The molecule has 0 radical (unpaired) electrons. The number of fused-ring (bicyclic) bond motifs is 5. The second-order valence-corrected chi connectivity index (χ2v) is 11.6. The second kappa shape index (κ2) is 10.3. The third kappa shape index (κ3) is 4.07. The molecular weight excluding hydrogens is 544 g/mol. The maximum absolute atomic E-state index is 4.55. The average Bonchev–Trinajstić information content (AvgIpc) is 3.45. The lowest BCUT2D eigenvalue weighted by Gasteiger charge is -2.18. The van der Waals surface area contributed by atoms with Gasteiger partial charge < -0.3 is 4.57 Å². The summed E-state index contributed by atoms with van der Waals surface area (Å²) < 4.78 is 2.40. The van der Waals surface area contributed by atoms with Gasteiger partial charge in [-0.15, -0.1) is 0 Å². The van der Waals surface area contributed by atoms with E-state index in [1.165, 1.54) is 65.6 Å². The van der Waals surface area contributed by atoms with E-state index in [9.17, 15) is 0 Å². The van der Waals surface area contributed by atoms with Gasteiger partial charge in [-0.25, -0.2) is 0 Å². The van der Waals surface area contributed by atoms with Crippen LogP contribution in [0.2, 0.25) is 0 Å². The predicted octanol–water partition coefficient (Wildman–Crippen LogP) is 11.5. The van der Waals surface area contributed by atoms with Crippen LogP contribution < -0.4 is 0 Å². The fourth-order valence-corrected chi connectivity index (χ4v) is 7.09. The van der Waals surface area contributed by atoms with Crippen molar-refractivity contribution >= 4 is 43.4 Å². The minimum atomic E-state index is 0.984. The van der Waals surface area contributed by atoms with Crippen LogP contribution in [0, 0.1) is 0 Å². The number of rotatable bonds is 4. The molecule has 0 N–H and O–H groups in total. The Hall–Kier alpha value is -5.99. The van der Waals surface area contributed by atoms with Gasteiger partial charge in [0.15, 0.2) is 0 Å². The van der Waals surface area contributed by atoms with Crippen LogP contribution in [0.1, 0.15) is 0 Å². The van der Waals surface area contributed by atoms with E-state index in [2.05, 4.69) is 161 Å². The van der Waals surface area contributed by atoms with Gasteiger partial charge in [0, 0.05) is 28.2 Å². The maximum Gasteiger partial charge on any atom is 0.0701 e. The number of pyridine rings is 1. The van der Waals surface area contributed by atoms with Crippen molar-refractivity contribution in [2.75, 3.05) is 0 Å². The third-order valence-corrected chi connectivity index (χ3v) is 9.04. The van der Waals surface area contributed by atoms with E-state index >= 15 is 0 Å². The van der Waals surface area contributed by atoms with Crippen molar-refractivity contribution in [1.29, 1.82) is 0 Å². The van der Waals surface area contributed by atoms with Gasteiger partial charge in [0.1, 0.15) is 0 Å². The molecule has 2 aromatic heterocycles. The van der Waals surface area contributed by atoms with Crippen molar-refractivity contribution in [2.24, 2.45) is 0 Å². The largest absolute Gasteiger partial charge is 0.309 e. The van der Waals surface area contributed by atoms with Crippen LogP contribution in [-0.4, -0.2) is 9.55 Å². The lowest BCUT2D eigenvalue weighted by atomic mass is 9.85. The number of para-hydroxylation sites is 2. The van der Waals surface area contributed by atoms with Crippen LogP contribution in [0.3, 0.4) is 0 Å². The monoisotopic (exact) mass is 572 g/mol. The molecule has 9 aromatic rings. The number of nitrogens with zero attached hydrogens (tertiary/aromatic N) is 2. The van der Waals surface area contributed by atoms with Gasteiger partial charge in [-0.2, -0.15) is 0 Å². The molecule has 2 nitrogen and oxygen atoms in total. The zero-order valence-corrected chi connectivity index (χ0v) is 24.6. The van der Waals surface area contributed by atoms with Crippen LogP contribution in [-0.2, 0) is 0 Å². The highest BCUT2D eigenvalue weighted by molar-refractivity contribution is 6.21. The molecule has 0 spiro atoms. The minimum absolute atomic E-state index is 0.984. The second-order valence-electron chi connectivity index (χ2n) is 11.6. The van der Waals surface area contributed by atoms with Crippen LogP contribution in [0.5, 0.6) is 0 Å². The van der Waals surface area contributed by atoms with E-state index in [0.29, 0.717) is 0 Å². The molecular formula is C43H28N2. The van der Waals surface area contributed by atoms with Gasteiger partial charge in [-0.3, -0.25) is 4.98 Å². The van der Waals surface area contributed by atoms with Gasteiger partial charge in [-0.1, -0.05) is 127 Å². The van der Waals surface area contributed by atoms with Crippen molar-refractivity contribution in [2.45, 2.75) is 0 Å². The molecule has 0 aliphatic carbocycles. The molecule has 0 saturated heterocycles. The average molecular weight is 573 g/mol. The smallest absolute Gasteiger partial charge is 0.0701 e. The lowest BCUT2D eigenvalue weighted by molar-refractivity contribution is 1.18. The summed E-state index contributed by atoms with van der Waals surface area (Å²) in [7, 11) is 0. The first-order chi connectivity index (χ1) is 22.3. The fourth-order valence-electron chi connectivity index (χ4n) is 7.09. The number of aromatic nitrogens is 2. The Kier molecular flexibility index (Phi) is 5.85. The Labute approximate surface area is 261 Å². The standard InChI is InChI=1S/C43H28N2/c1-3-18-37-35(16-1)42(30-25-23-29(24-26-30)39-20-9-10-27-44-39)36-17-2-4-19-38(36)43(37)31-12-11-13-32(28-31)45-40-21-7-5-14-33(40)34-15-6-8-22-41(34)45/h1-28H. The molecule has 2 heteroatoms. The van der Waals surface area contributed by atoms with Gasteiger partial charge in [0.2, 0.25) is 0 Å². The van der Waals surface area contributed by atoms with E-state index in [-0.39, 0.29) is 0 Å². The van der Waals surface area contributed by atoms with Crippen molar-refractivity contribution in [3.05, 3.63) is 170 Å². The maximum atomic E-state index is 4.55. The van der Waals surface area contributed by atoms with Gasteiger partial charge in [0.25, 0.3) is 0 Å². The first kappa shape index (κ1) is 25.5. The van der Waals surface area contributed by atoms with Gasteiger partial charge >= 0.3 is 0 Å². The predicted molar refractivity (Wildman–Crippen MR) is 190 cm³/mol. The molecule has 2 heterocycles. The molecule has 0 saturated carbocycles. The lowest BCUT2D eigenvalue weighted by Crippen LogP contribution is -1.95. The highest BCUT2D eigenvalue weighted by Crippen LogP contribution is 2.44. The summed E-state index contributed by atoms with van der Waals surface area (Å²) in [5.74, 6) is 0. The summed E-state index contributed by atoms with van der Waals surface area (Å²) >= 11 is 0. The fraction of sp³-hybridized carbons (Fsp3) is 0. The van der Waals surface area contributed by atoms with Crippen LogP contribution >= 0.6 is 0 Å². The number of benzene rings is 7. The van der Waals surface area contributed by atoms with E-state index in [0.717, 1.165) is 16.9 Å². The quantitative estimate of drug-likeness (QED) is 0.192. The van der Waals surface area contributed by atoms with E-state index < -0.39 is 0 Å². The van der Waals surface area contributed by atoms with E-state index in [1.807, 2.05) is 18.3 Å². The van der Waals surface area contributed by atoms with Crippen LogP contribution in [0.25, 0.3) is 82.5 Å². The summed E-state index contributed by atoms with van der Waals surface area (Å²) in [5.41, 5.74) is 10.6. The summed E-state index contributed by atoms with van der Waals surface area (Å²) in [6, 6.07) is 59.0. The first-order valence-electron chi connectivity index (χ1n) is 15.4. The topological polar surface area (TPSA) is 17.8 Å². The highest BCUT2D eigenvalue weighted by Gasteiger charge is 2.18. The van der Waals surface area contributed by atoms with Crippen molar-refractivity contribution in [1.82, 2.24) is 9.55 Å². The zero-order chi connectivity index (χ0) is 29.7. The Balaban J connectivity index is 1.28. The summed E-state index contributed by atoms with van der Waals surface area (Å²) in [5, 5.41) is 7.54. The van der Waals surface area contributed by atoms with Crippen molar-refractivity contribution in [3.63, 3.8) is 0 Å². The molecule has 45 heavy (non-hydrogen) atoms. The molecule has 210 valence electrons. The van der Waals surface area contributed by atoms with Crippen LogP contribution in [0.15, 0.2) is 170 Å². The Bertz CT molecular complexity index is 2410. The zero-order valence-electron chi connectivity index (χ0n) is 24.6. The Morgan fingerprint density at radius 1 is 0.356 bits per heavy atom. The molecule has 7 aromatic carbocycles. The molecule has 0 bridgehead atoms. The van der Waals surface area contributed by atoms with Crippen molar-refractivity contribution in [3.8, 4) is 39.2 Å². The van der Waals surface area contributed by atoms with Crippen molar-refractivity contribution < 1.29 is 0 Å². The SMILES string of the molecule is c1ccc(-c2ccc(-c3c4ccccc4c(-c4cccc(-n5c6ccccc6c6ccccc65)c4)c4ccccc34)cc2)nc1. The number of hydrogen-bond donors (Lipinski definition) is 0. The Morgan fingerprint density at radius 3 is 1.40 bits per heavy atom. The summed E-state index contributed by atoms with van der Waals surface area (Å²) in [6.45, 7) is 0. The Morgan fingerprint density at radius 2 is 0.844 bits per heavy atom. The molecule has 0 atom stereocenters. The molecule has 0 fully saturated rings. The molecule has 0 aliphatic rings. The number of hydrogen-bond acceptors (Lipinski definition) is 1. The van der Waals surface area contributed by atoms with E-state index in [4.69, 9.17) is 0 Å². The summed E-state index contributed by atoms with van der Waals surface area (Å²) in [4.78, 5) is 4.55. The minimum Gasteiger partial charge on any atom is -0.309 e. The molecule has 0 aliphatic heterocycles. The third-order valence-electron chi connectivity index (χ3n) is 9.04. The van der Waals surface area contributed by atoms with Gasteiger partial charge in [0.05, 0.1) is 16.7 Å². The molecule has 0 amide bonds. The van der Waals surface area contributed by atoms with Gasteiger partial charge in [-0.05, 0) is 80.2 Å². The normalized spacial score (nSPS) is 11.6. The molecule has 0 unspecified atom stereocenters. The highest BCUT2D eigenvalue weighted by atomic mass is 15.0.